The van der Waals surface area contributed by atoms with Crippen molar-refractivity contribution in [2.45, 2.75) is 32.1 Å². The second kappa shape index (κ2) is 9.41. The van der Waals surface area contributed by atoms with Gasteiger partial charge in [-0.25, -0.2) is 4.79 Å². The number of nitrogens with zero attached hydrogens (tertiary/aromatic N) is 2. The number of amides is 2. The van der Waals surface area contributed by atoms with Crippen molar-refractivity contribution in [2.24, 2.45) is 0 Å². The number of morpholine rings is 1. The first-order valence-electron chi connectivity index (χ1n) is 9.68. The van der Waals surface area contributed by atoms with Crippen LogP contribution in [0.2, 0.25) is 0 Å². The molecule has 1 aromatic heterocycles. The van der Waals surface area contributed by atoms with Crippen LogP contribution in [0, 0.1) is 0 Å². The molecule has 0 unspecified atom stereocenters. The minimum absolute atomic E-state index is 0.155. The Balaban J connectivity index is 1.64. The van der Waals surface area contributed by atoms with Crippen LogP contribution < -0.4 is 15.5 Å². The number of urea groups is 1. The molecule has 2 aromatic rings. The SMILES string of the molecule is C[C@@H]1CN(c2ccccc2NC(=O)NC[C@H](c2cccs2)N(C)C)C[C@H](C)O1. The summed E-state index contributed by atoms with van der Waals surface area (Å²) in [5.41, 5.74) is 1.85. The van der Waals surface area contributed by atoms with Gasteiger partial charge < -0.3 is 25.2 Å². The average molecular weight is 403 g/mol. The largest absolute Gasteiger partial charge is 0.372 e. The predicted octanol–water partition coefficient (Wildman–Crippen LogP) is 3.79. The van der Waals surface area contributed by atoms with E-state index >= 15 is 0 Å². The maximum atomic E-state index is 12.6. The van der Waals surface area contributed by atoms with Gasteiger partial charge in [-0.3, -0.25) is 0 Å². The third kappa shape index (κ3) is 5.25. The molecule has 1 aliphatic heterocycles. The number of nitrogens with one attached hydrogen (secondary N) is 2. The highest BCUT2D eigenvalue weighted by Crippen LogP contribution is 2.28. The maximum Gasteiger partial charge on any atom is 0.319 e. The van der Waals surface area contributed by atoms with Gasteiger partial charge in [0.15, 0.2) is 0 Å². The summed E-state index contributed by atoms with van der Waals surface area (Å²) in [5.74, 6) is 0. The zero-order valence-corrected chi connectivity index (χ0v) is 17.8. The molecule has 1 aromatic carbocycles. The molecule has 152 valence electrons. The Morgan fingerprint density at radius 2 is 1.93 bits per heavy atom. The van der Waals surface area contributed by atoms with Crippen molar-refractivity contribution in [3.05, 3.63) is 46.7 Å². The number of hydrogen-bond acceptors (Lipinski definition) is 5. The van der Waals surface area contributed by atoms with Gasteiger partial charge >= 0.3 is 6.03 Å². The number of carbonyl (C=O) groups excluding carboxylic acids is 1. The van der Waals surface area contributed by atoms with Crippen LogP contribution in [0.3, 0.4) is 0 Å². The summed E-state index contributed by atoms with van der Waals surface area (Å²) in [6.07, 6.45) is 0.328. The molecule has 0 radical (unpaired) electrons. The van der Waals surface area contributed by atoms with E-state index in [-0.39, 0.29) is 24.3 Å². The van der Waals surface area contributed by atoms with E-state index < -0.39 is 0 Å². The first kappa shape index (κ1) is 20.6. The Morgan fingerprint density at radius 3 is 2.57 bits per heavy atom. The van der Waals surface area contributed by atoms with Gasteiger partial charge in [-0.05, 0) is 51.5 Å². The number of anilines is 2. The summed E-state index contributed by atoms with van der Waals surface area (Å²) < 4.78 is 5.84. The van der Waals surface area contributed by atoms with Crippen LogP contribution in [0.1, 0.15) is 24.8 Å². The predicted molar refractivity (Wildman–Crippen MR) is 116 cm³/mol. The fraction of sp³-hybridized carbons (Fsp3) is 0.476. The van der Waals surface area contributed by atoms with Crippen LogP contribution in [0.5, 0.6) is 0 Å². The molecule has 0 aliphatic carbocycles. The van der Waals surface area contributed by atoms with Crippen molar-refractivity contribution in [1.29, 1.82) is 0 Å². The second-order valence-electron chi connectivity index (χ2n) is 7.51. The Bertz CT molecular complexity index is 756. The van der Waals surface area contributed by atoms with Crippen LogP contribution >= 0.6 is 11.3 Å². The number of benzene rings is 1. The maximum absolute atomic E-state index is 12.6. The normalized spacial score (nSPS) is 20.8. The van der Waals surface area contributed by atoms with Crippen LogP contribution in [0.25, 0.3) is 0 Å². The average Bonchev–Trinajstić information content (AvgIpc) is 3.15. The smallest absolute Gasteiger partial charge is 0.319 e. The Morgan fingerprint density at radius 1 is 1.21 bits per heavy atom. The van der Waals surface area contributed by atoms with Crippen molar-refractivity contribution in [2.75, 3.05) is 43.9 Å². The molecule has 2 N–H and O–H groups in total. The summed E-state index contributed by atoms with van der Waals surface area (Å²) in [5, 5.41) is 8.11. The number of rotatable bonds is 6. The minimum Gasteiger partial charge on any atom is -0.372 e. The summed E-state index contributed by atoms with van der Waals surface area (Å²) in [6.45, 7) is 6.33. The van der Waals surface area contributed by atoms with Crippen LogP contribution in [0.4, 0.5) is 16.2 Å². The van der Waals surface area contributed by atoms with E-state index in [1.165, 1.54) is 4.88 Å². The fourth-order valence-corrected chi connectivity index (χ4v) is 4.53. The first-order valence-corrected chi connectivity index (χ1v) is 10.6. The molecule has 2 amide bonds. The summed E-state index contributed by atoms with van der Waals surface area (Å²) >= 11 is 1.70. The van der Waals surface area contributed by atoms with Gasteiger partial charge in [0.1, 0.15) is 0 Å². The lowest BCUT2D eigenvalue weighted by Gasteiger charge is -2.37. The number of para-hydroxylation sites is 2. The zero-order valence-electron chi connectivity index (χ0n) is 17.0. The Labute approximate surface area is 171 Å². The van der Waals surface area contributed by atoms with E-state index in [1.807, 2.05) is 38.4 Å². The molecular weight excluding hydrogens is 372 g/mol. The highest BCUT2D eigenvalue weighted by molar-refractivity contribution is 7.10. The van der Waals surface area contributed by atoms with Gasteiger partial charge in [-0.15, -0.1) is 11.3 Å². The van der Waals surface area contributed by atoms with E-state index in [2.05, 4.69) is 51.8 Å². The van der Waals surface area contributed by atoms with Crippen molar-refractivity contribution >= 4 is 28.7 Å². The molecule has 0 bridgehead atoms. The molecule has 1 aliphatic rings. The molecule has 0 saturated carbocycles. The highest BCUT2D eigenvalue weighted by Gasteiger charge is 2.24. The van der Waals surface area contributed by atoms with E-state index in [1.54, 1.807) is 11.3 Å². The van der Waals surface area contributed by atoms with E-state index in [0.717, 1.165) is 24.5 Å². The van der Waals surface area contributed by atoms with Crippen molar-refractivity contribution in [3.63, 3.8) is 0 Å². The lowest BCUT2D eigenvalue weighted by atomic mass is 10.1. The number of thiophene rings is 1. The second-order valence-corrected chi connectivity index (χ2v) is 8.49. The quantitative estimate of drug-likeness (QED) is 0.772. The van der Waals surface area contributed by atoms with Gasteiger partial charge in [-0.1, -0.05) is 18.2 Å². The number of hydrogen-bond donors (Lipinski definition) is 2. The van der Waals surface area contributed by atoms with Crippen molar-refractivity contribution in [3.8, 4) is 0 Å². The fourth-order valence-electron chi connectivity index (χ4n) is 3.60. The molecule has 0 spiro atoms. The molecule has 7 heteroatoms. The van der Waals surface area contributed by atoms with Gasteiger partial charge in [-0.2, -0.15) is 0 Å². The lowest BCUT2D eigenvalue weighted by molar-refractivity contribution is -0.00517. The third-order valence-electron chi connectivity index (χ3n) is 4.86. The van der Waals surface area contributed by atoms with E-state index in [9.17, 15) is 4.79 Å². The van der Waals surface area contributed by atoms with Crippen LogP contribution in [0.15, 0.2) is 41.8 Å². The summed E-state index contributed by atoms with van der Waals surface area (Å²) in [4.78, 5) is 18.2. The molecule has 3 atom stereocenters. The van der Waals surface area contributed by atoms with Crippen molar-refractivity contribution < 1.29 is 9.53 Å². The zero-order chi connectivity index (χ0) is 20.1. The monoisotopic (exact) mass is 402 g/mol. The van der Waals surface area contributed by atoms with Gasteiger partial charge in [0.25, 0.3) is 0 Å². The summed E-state index contributed by atoms with van der Waals surface area (Å²) in [7, 11) is 4.06. The van der Waals surface area contributed by atoms with Gasteiger partial charge in [0.2, 0.25) is 0 Å². The molecule has 28 heavy (non-hydrogen) atoms. The van der Waals surface area contributed by atoms with E-state index in [0.29, 0.717) is 6.54 Å². The third-order valence-corrected chi connectivity index (χ3v) is 5.84. The topological polar surface area (TPSA) is 56.8 Å². The summed E-state index contributed by atoms with van der Waals surface area (Å²) in [6, 6.07) is 12.1. The Kier molecular flexibility index (Phi) is 6.93. The molecule has 3 rings (SSSR count). The first-order chi connectivity index (χ1) is 13.4. The minimum atomic E-state index is -0.190. The molecule has 2 heterocycles. The molecular formula is C21H30N4O2S. The van der Waals surface area contributed by atoms with Crippen molar-refractivity contribution in [1.82, 2.24) is 10.2 Å². The van der Waals surface area contributed by atoms with Crippen LogP contribution in [-0.4, -0.2) is 56.9 Å². The highest BCUT2D eigenvalue weighted by atomic mass is 32.1. The molecule has 1 fully saturated rings. The number of likely N-dealkylation sites (N-methyl/N-ethyl adjacent to an activating group) is 1. The van der Waals surface area contributed by atoms with Gasteiger partial charge in [0.05, 0.1) is 29.6 Å². The molecule has 1 saturated heterocycles. The molecule has 6 nitrogen and oxygen atoms in total. The number of carbonyl (C=O) groups is 1. The van der Waals surface area contributed by atoms with E-state index in [4.69, 9.17) is 4.74 Å². The number of ether oxygens (including phenoxy) is 1. The van der Waals surface area contributed by atoms with Crippen LogP contribution in [-0.2, 0) is 4.74 Å². The standard InChI is InChI=1S/C21H30N4O2S/c1-15-13-25(14-16(2)27-15)18-9-6-5-8-17(18)23-21(26)22-12-19(24(3)4)20-10-7-11-28-20/h5-11,15-16,19H,12-14H2,1-4H3,(H2,22,23,26)/t15-,16+,19-/m1/s1. The Hall–Kier alpha value is -2.09. The van der Waals surface area contributed by atoms with Gasteiger partial charge in [0, 0.05) is 24.5 Å². The lowest BCUT2D eigenvalue weighted by Crippen LogP contribution is -2.46.